The number of hydrogen-bond acceptors (Lipinski definition) is 3. The molecule has 0 radical (unpaired) electrons. The monoisotopic (exact) mass is 247 g/mol. The molecular weight excluding hydrogens is 226 g/mol. The molecule has 2 heterocycles. The smallest absolute Gasteiger partial charge is 0.239 e. The van der Waals surface area contributed by atoms with Crippen LogP contribution in [0.5, 0.6) is 0 Å². The zero-order chi connectivity index (χ0) is 13.2. The Hall–Kier alpha value is -1.42. The summed E-state index contributed by atoms with van der Waals surface area (Å²) >= 11 is 0. The number of hydrogen-bond donors (Lipinski definition) is 1. The first kappa shape index (κ1) is 13.0. The van der Waals surface area contributed by atoms with Gasteiger partial charge in [-0.05, 0) is 24.0 Å². The maximum Gasteiger partial charge on any atom is 0.239 e. The van der Waals surface area contributed by atoms with Crippen molar-refractivity contribution < 1.29 is 4.79 Å². The van der Waals surface area contributed by atoms with E-state index in [2.05, 4.69) is 24.1 Å². The Morgan fingerprint density at radius 2 is 2.33 bits per heavy atom. The van der Waals surface area contributed by atoms with Crippen molar-refractivity contribution >= 4 is 5.91 Å². The Labute approximate surface area is 108 Å². The first-order chi connectivity index (χ1) is 8.48. The van der Waals surface area contributed by atoms with Gasteiger partial charge in [-0.1, -0.05) is 19.9 Å². The van der Waals surface area contributed by atoms with Crippen LogP contribution in [-0.4, -0.2) is 34.9 Å². The molecule has 0 aliphatic carbocycles. The van der Waals surface area contributed by atoms with Gasteiger partial charge in [0, 0.05) is 32.0 Å². The number of pyridine rings is 1. The van der Waals surface area contributed by atoms with Crippen LogP contribution < -0.4 is 5.32 Å². The lowest BCUT2D eigenvalue weighted by Gasteiger charge is -2.29. The van der Waals surface area contributed by atoms with Gasteiger partial charge in [-0.2, -0.15) is 0 Å². The molecule has 2 rings (SSSR count). The Kier molecular flexibility index (Phi) is 3.66. The highest BCUT2D eigenvalue weighted by molar-refractivity contribution is 5.81. The zero-order valence-electron chi connectivity index (χ0n) is 11.3. The average molecular weight is 247 g/mol. The number of carbonyl (C=O) groups is 1. The number of amides is 1. The van der Waals surface area contributed by atoms with Gasteiger partial charge in [-0.25, -0.2) is 0 Å². The van der Waals surface area contributed by atoms with Crippen LogP contribution in [-0.2, 0) is 11.3 Å². The molecule has 0 bridgehead atoms. The first-order valence-corrected chi connectivity index (χ1v) is 6.39. The lowest BCUT2D eigenvalue weighted by molar-refractivity contribution is -0.133. The SMILES string of the molecule is CC1NCC(C)(C)CN(Cc2cccnc2)C1=O. The van der Waals surface area contributed by atoms with Crippen molar-refractivity contribution in [3.8, 4) is 0 Å². The van der Waals surface area contributed by atoms with Gasteiger partial charge in [0.05, 0.1) is 6.04 Å². The van der Waals surface area contributed by atoms with Gasteiger partial charge in [-0.3, -0.25) is 9.78 Å². The highest BCUT2D eigenvalue weighted by Gasteiger charge is 2.32. The van der Waals surface area contributed by atoms with Crippen LogP contribution in [0.1, 0.15) is 26.3 Å². The molecule has 0 saturated carbocycles. The fourth-order valence-corrected chi connectivity index (χ4v) is 2.29. The molecule has 1 atom stereocenters. The van der Waals surface area contributed by atoms with Gasteiger partial charge in [0.1, 0.15) is 0 Å². The van der Waals surface area contributed by atoms with E-state index in [1.165, 1.54) is 0 Å². The highest BCUT2D eigenvalue weighted by atomic mass is 16.2. The van der Waals surface area contributed by atoms with Crippen LogP contribution in [0, 0.1) is 5.41 Å². The molecule has 1 aliphatic rings. The van der Waals surface area contributed by atoms with Crippen LogP contribution >= 0.6 is 0 Å². The summed E-state index contributed by atoms with van der Waals surface area (Å²) in [7, 11) is 0. The maximum absolute atomic E-state index is 12.3. The van der Waals surface area contributed by atoms with Crippen LogP contribution in [0.25, 0.3) is 0 Å². The molecule has 1 saturated heterocycles. The molecular formula is C14H21N3O. The van der Waals surface area contributed by atoms with Crippen molar-refractivity contribution in [3.63, 3.8) is 0 Å². The fourth-order valence-electron chi connectivity index (χ4n) is 2.29. The van der Waals surface area contributed by atoms with E-state index in [9.17, 15) is 4.79 Å². The second-order valence-electron chi connectivity index (χ2n) is 5.82. The molecule has 0 spiro atoms. The molecule has 1 unspecified atom stereocenters. The minimum Gasteiger partial charge on any atom is -0.336 e. The summed E-state index contributed by atoms with van der Waals surface area (Å²) in [6.45, 7) is 8.58. The summed E-state index contributed by atoms with van der Waals surface area (Å²) < 4.78 is 0. The van der Waals surface area contributed by atoms with Crippen LogP contribution in [0.2, 0.25) is 0 Å². The largest absolute Gasteiger partial charge is 0.336 e. The fraction of sp³-hybridized carbons (Fsp3) is 0.571. The summed E-state index contributed by atoms with van der Waals surface area (Å²) in [5.74, 6) is 0.171. The van der Waals surface area contributed by atoms with Gasteiger partial charge in [0.2, 0.25) is 5.91 Å². The van der Waals surface area contributed by atoms with Crippen molar-refractivity contribution in [1.82, 2.24) is 15.2 Å². The topological polar surface area (TPSA) is 45.2 Å². The predicted octanol–water partition coefficient (Wildman–Crippen LogP) is 1.43. The number of nitrogens with zero attached hydrogens (tertiary/aromatic N) is 2. The molecule has 1 aromatic rings. The third-order valence-corrected chi connectivity index (χ3v) is 3.28. The summed E-state index contributed by atoms with van der Waals surface area (Å²) in [6, 6.07) is 3.81. The quantitative estimate of drug-likeness (QED) is 0.860. The van der Waals surface area contributed by atoms with Crippen molar-refractivity contribution in [2.45, 2.75) is 33.4 Å². The maximum atomic E-state index is 12.3. The zero-order valence-corrected chi connectivity index (χ0v) is 11.3. The summed E-state index contributed by atoms with van der Waals surface area (Å²) in [5.41, 5.74) is 1.18. The molecule has 1 N–H and O–H groups in total. The van der Waals surface area contributed by atoms with E-state index in [1.807, 2.05) is 30.2 Å². The second kappa shape index (κ2) is 5.06. The van der Waals surface area contributed by atoms with Gasteiger partial charge >= 0.3 is 0 Å². The lowest BCUT2D eigenvalue weighted by Crippen LogP contribution is -2.41. The average Bonchev–Trinajstić information content (AvgIpc) is 2.43. The summed E-state index contributed by atoms with van der Waals surface area (Å²) in [5, 5.41) is 3.29. The Bertz CT molecular complexity index is 416. The number of nitrogens with one attached hydrogen (secondary N) is 1. The Morgan fingerprint density at radius 1 is 1.56 bits per heavy atom. The Balaban J connectivity index is 2.15. The van der Waals surface area contributed by atoms with Gasteiger partial charge in [-0.15, -0.1) is 0 Å². The van der Waals surface area contributed by atoms with E-state index in [4.69, 9.17) is 0 Å². The third kappa shape index (κ3) is 3.07. The number of aromatic nitrogens is 1. The van der Waals surface area contributed by atoms with Crippen molar-refractivity contribution in [1.29, 1.82) is 0 Å². The highest BCUT2D eigenvalue weighted by Crippen LogP contribution is 2.21. The summed E-state index contributed by atoms with van der Waals surface area (Å²) in [4.78, 5) is 18.3. The van der Waals surface area contributed by atoms with Crippen molar-refractivity contribution in [3.05, 3.63) is 30.1 Å². The first-order valence-electron chi connectivity index (χ1n) is 6.39. The molecule has 1 fully saturated rings. The molecule has 1 aliphatic heterocycles. The molecule has 4 nitrogen and oxygen atoms in total. The lowest BCUT2D eigenvalue weighted by atomic mass is 9.93. The van der Waals surface area contributed by atoms with Crippen LogP contribution in [0.15, 0.2) is 24.5 Å². The van der Waals surface area contributed by atoms with Crippen molar-refractivity contribution in [2.24, 2.45) is 5.41 Å². The minimum absolute atomic E-state index is 0.0998. The van der Waals surface area contributed by atoms with Gasteiger partial charge in [0.25, 0.3) is 0 Å². The molecule has 0 aromatic carbocycles. The van der Waals surface area contributed by atoms with Crippen LogP contribution in [0.4, 0.5) is 0 Å². The number of rotatable bonds is 2. The summed E-state index contributed by atoms with van der Waals surface area (Å²) in [6.07, 6.45) is 3.57. The van der Waals surface area contributed by atoms with Gasteiger partial charge in [0.15, 0.2) is 0 Å². The molecule has 98 valence electrons. The van der Waals surface area contributed by atoms with Crippen LogP contribution in [0.3, 0.4) is 0 Å². The van der Waals surface area contributed by atoms with E-state index in [1.54, 1.807) is 6.20 Å². The predicted molar refractivity (Wildman–Crippen MR) is 70.9 cm³/mol. The molecule has 18 heavy (non-hydrogen) atoms. The third-order valence-electron chi connectivity index (χ3n) is 3.28. The van der Waals surface area contributed by atoms with E-state index < -0.39 is 0 Å². The normalized spacial score (nSPS) is 23.8. The number of carbonyl (C=O) groups excluding carboxylic acids is 1. The van der Waals surface area contributed by atoms with Crippen molar-refractivity contribution in [2.75, 3.05) is 13.1 Å². The standard InChI is InChI=1S/C14H21N3O/c1-11-13(18)17(10-14(2,3)9-16-11)8-12-5-4-6-15-7-12/h4-7,11,16H,8-10H2,1-3H3. The van der Waals surface area contributed by atoms with E-state index >= 15 is 0 Å². The molecule has 4 heteroatoms. The van der Waals surface area contributed by atoms with Gasteiger partial charge < -0.3 is 10.2 Å². The second-order valence-corrected chi connectivity index (χ2v) is 5.82. The van der Waals surface area contributed by atoms with E-state index in [0.29, 0.717) is 6.54 Å². The molecule has 1 aromatic heterocycles. The molecule has 1 amide bonds. The minimum atomic E-state index is -0.108. The Morgan fingerprint density at radius 3 is 3.00 bits per heavy atom. The van der Waals surface area contributed by atoms with E-state index in [0.717, 1.165) is 18.7 Å². The van der Waals surface area contributed by atoms with E-state index in [-0.39, 0.29) is 17.4 Å².